The Labute approximate surface area is 116 Å². The number of benzene rings is 1. The molecule has 0 aliphatic carbocycles. The molecule has 1 aliphatic heterocycles. The predicted molar refractivity (Wildman–Crippen MR) is 70.9 cm³/mol. The molecule has 0 spiro atoms. The Bertz CT molecular complexity index is 462. The molecule has 0 saturated carbocycles. The highest BCUT2D eigenvalue weighted by atomic mass is 19.3. The quantitative estimate of drug-likeness (QED) is 0.676. The van der Waals surface area contributed by atoms with Crippen molar-refractivity contribution in [2.24, 2.45) is 0 Å². The van der Waals surface area contributed by atoms with Crippen molar-refractivity contribution in [3.8, 4) is 5.75 Å². The molecule has 0 amide bonds. The van der Waals surface area contributed by atoms with Crippen molar-refractivity contribution in [3.05, 3.63) is 29.8 Å². The summed E-state index contributed by atoms with van der Waals surface area (Å²) in [6, 6.07) is 5.41. The third-order valence-corrected chi connectivity index (χ3v) is 3.24. The van der Waals surface area contributed by atoms with Crippen molar-refractivity contribution in [2.75, 3.05) is 26.2 Å². The number of ether oxygens (including phenoxy) is 1. The molecule has 1 atom stereocenters. The second kappa shape index (κ2) is 6.76. The van der Waals surface area contributed by atoms with Crippen LogP contribution in [0.2, 0.25) is 0 Å². The van der Waals surface area contributed by atoms with Crippen molar-refractivity contribution in [3.63, 3.8) is 0 Å². The number of hydrogen-bond acceptors (Lipinski definition) is 4. The van der Waals surface area contributed by atoms with Crippen molar-refractivity contribution in [1.29, 1.82) is 0 Å². The zero-order valence-electron chi connectivity index (χ0n) is 11.3. The lowest BCUT2D eigenvalue weighted by atomic mass is 10.0. The first kappa shape index (κ1) is 14.9. The minimum Gasteiger partial charge on any atom is -0.427 e. The SMILES string of the molecule is CC(=O)Oc1cccc([C@H](C(F)F)N2CCNCC2)c1. The van der Waals surface area contributed by atoms with Gasteiger partial charge in [-0.2, -0.15) is 0 Å². The molecule has 20 heavy (non-hydrogen) atoms. The summed E-state index contributed by atoms with van der Waals surface area (Å²) >= 11 is 0. The van der Waals surface area contributed by atoms with E-state index in [-0.39, 0.29) is 0 Å². The first-order valence-electron chi connectivity index (χ1n) is 6.59. The van der Waals surface area contributed by atoms with Crippen LogP contribution in [0.3, 0.4) is 0 Å². The minimum absolute atomic E-state index is 0.302. The van der Waals surface area contributed by atoms with Crippen LogP contribution < -0.4 is 10.1 Å². The molecule has 1 N–H and O–H groups in total. The van der Waals surface area contributed by atoms with Gasteiger partial charge in [0.25, 0.3) is 6.43 Å². The Balaban J connectivity index is 2.22. The van der Waals surface area contributed by atoms with Gasteiger partial charge in [0.1, 0.15) is 5.75 Å². The molecule has 1 aromatic carbocycles. The number of piperazine rings is 1. The van der Waals surface area contributed by atoms with Crippen LogP contribution >= 0.6 is 0 Å². The lowest BCUT2D eigenvalue weighted by Gasteiger charge is -2.34. The van der Waals surface area contributed by atoms with E-state index in [1.54, 1.807) is 23.1 Å². The molecule has 1 aliphatic rings. The van der Waals surface area contributed by atoms with Crippen molar-refractivity contribution in [2.45, 2.75) is 19.4 Å². The van der Waals surface area contributed by atoms with Gasteiger partial charge in [-0.1, -0.05) is 12.1 Å². The Morgan fingerprint density at radius 1 is 1.35 bits per heavy atom. The number of halogens is 2. The van der Waals surface area contributed by atoms with E-state index in [0.717, 1.165) is 0 Å². The number of rotatable bonds is 4. The van der Waals surface area contributed by atoms with Gasteiger partial charge in [0, 0.05) is 33.1 Å². The molecule has 0 aromatic heterocycles. The molecule has 1 saturated heterocycles. The Hall–Kier alpha value is -1.53. The van der Waals surface area contributed by atoms with Gasteiger partial charge in [0.15, 0.2) is 0 Å². The fourth-order valence-corrected chi connectivity index (χ4v) is 2.40. The lowest BCUT2D eigenvalue weighted by molar-refractivity contribution is -0.131. The van der Waals surface area contributed by atoms with Gasteiger partial charge in [0.2, 0.25) is 0 Å². The van der Waals surface area contributed by atoms with Crippen LogP contribution in [0.4, 0.5) is 8.78 Å². The van der Waals surface area contributed by atoms with Crippen molar-refractivity contribution < 1.29 is 18.3 Å². The van der Waals surface area contributed by atoms with Crippen LogP contribution in [-0.2, 0) is 4.79 Å². The molecule has 110 valence electrons. The van der Waals surface area contributed by atoms with Gasteiger partial charge in [-0.25, -0.2) is 8.78 Å². The number of nitrogens with one attached hydrogen (secondary N) is 1. The molecule has 2 rings (SSSR count). The van der Waals surface area contributed by atoms with Gasteiger partial charge in [-0.3, -0.25) is 9.69 Å². The van der Waals surface area contributed by atoms with Gasteiger partial charge in [-0.05, 0) is 17.7 Å². The van der Waals surface area contributed by atoms with Crippen molar-refractivity contribution >= 4 is 5.97 Å². The number of carbonyl (C=O) groups is 1. The van der Waals surface area contributed by atoms with Crippen LogP contribution in [-0.4, -0.2) is 43.5 Å². The number of hydrogen-bond donors (Lipinski definition) is 1. The van der Waals surface area contributed by atoms with Crippen LogP contribution in [0, 0.1) is 0 Å². The second-order valence-corrected chi connectivity index (χ2v) is 4.73. The third kappa shape index (κ3) is 3.74. The molecule has 4 nitrogen and oxygen atoms in total. The molecule has 1 heterocycles. The third-order valence-electron chi connectivity index (χ3n) is 3.24. The molecule has 0 radical (unpaired) electrons. The van der Waals surface area contributed by atoms with Gasteiger partial charge >= 0.3 is 5.97 Å². The summed E-state index contributed by atoms with van der Waals surface area (Å²) in [4.78, 5) is 12.7. The summed E-state index contributed by atoms with van der Waals surface area (Å²) < 4.78 is 31.7. The molecular formula is C14H18F2N2O2. The first-order chi connectivity index (χ1) is 9.58. The molecular weight excluding hydrogens is 266 g/mol. The van der Waals surface area contributed by atoms with E-state index >= 15 is 0 Å². The van der Waals surface area contributed by atoms with Crippen LogP contribution in [0.1, 0.15) is 18.5 Å². The highest BCUT2D eigenvalue weighted by Crippen LogP contribution is 2.30. The van der Waals surface area contributed by atoms with Gasteiger partial charge in [-0.15, -0.1) is 0 Å². The number of carbonyl (C=O) groups excluding carboxylic acids is 1. The highest BCUT2D eigenvalue weighted by Gasteiger charge is 2.30. The van der Waals surface area contributed by atoms with E-state index in [9.17, 15) is 13.6 Å². The molecule has 0 unspecified atom stereocenters. The standard InChI is InChI=1S/C14H18F2N2O2/c1-10(19)20-12-4-2-3-11(9-12)13(14(15)16)18-7-5-17-6-8-18/h2-4,9,13-14,17H,5-8H2,1H3/t13-/m1/s1. The van der Waals surface area contributed by atoms with Crippen LogP contribution in [0.25, 0.3) is 0 Å². The maximum absolute atomic E-state index is 13.4. The zero-order valence-corrected chi connectivity index (χ0v) is 11.3. The van der Waals surface area contributed by atoms with E-state index in [0.29, 0.717) is 37.5 Å². The van der Waals surface area contributed by atoms with E-state index in [4.69, 9.17) is 4.74 Å². The molecule has 6 heteroatoms. The van der Waals surface area contributed by atoms with Gasteiger partial charge < -0.3 is 10.1 Å². The highest BCUT2D eigenvalue weighted by molar-refractivity contribution is 5.69. The fraction of sp³-hybridized carbons (Fsp3) is 0.500. The monoisotopic (exact) mass is 284 g/mol. The van der Waals surface area contributed by atoms with Crippen LogP contribution in [0.15, 0.2) is 24.3 Å². The fourth-order valence-electron chi connectivity index (χ4n) is 2.40. The molecule has 1 aromatic rings. The van der Waals surface area contributed by atoms with E-state index in [2.05, 4.69) is 5.32 Å². The second-order valence-electron chi connectivity index (χ2n) is 4.73. The zero-order chi connectivity index (χ0) is 14.5. The maximum Gasteiger partial charge on any atom is 0.308 e. The minimum atomic E-state index is -2.49. The van der Waals surface area contributed by atoms with Crippen molar-refractivity contribution in [1.82, 2.24) is 10.2 Å². The summed E-state index contributed by atoms with van der Waals surface area (Å²) in [6.07, 6.45) is -2.49. The topological polar surface area (TPSA) is 41.6 Å². The number of nitrogens with zero attached hydrogens (tertiary/aromatic N) is 1. The Morgan fingerprint density at radius 2 is 2.05 bits per heavy atom. The Kier molecular flexibility index (Phi) is 5.03. The molecule has 0 bridgehead atoms. The van der Waals surface area contributed by atoms with Crippen LogP contribution in [0.5, 0.6) is 5.75 Å². The largest absolute Gasteiger partial charge is 0.427 e. The maximum atomic E-state index is 13.4. The normalized spacial score (nSPS) is 18.0. The smallest absolute Gasteiger partial charge is 0.308 e. The number of esters is 1. The summed E-state index contributed by atoms with van der Waals surface area (Å²) in [7, 11) is 0. The molecule has 1 fully saturated rings. The Morgan fingerprint density at radius 3 is 2.65 bits per heavy atom. The van der Waals surface area contributed by atoms with E-state index in [1.165, 1.54) is 13.0 Å². The van der Waals surface area contributed by atoms with E-state index < -0.39 is 18.4 Å². The summed E-state index contributed by atoms with van der Waals surface area (Å²) in [6.45, 7) is 3.84. The van der Waals surface area contributed by atoms with Gasteiger partial charge in [0.05, 0.1) is 6.04 Å². The summed E-state index contributed by atoms with van der Waals surface area (Å²) in [5.41, 5.74) is 0.473. The average Bonchev–Trinajstić information content (AvgIpc) is 2.39. The lowest BCUT2D eigenvalue weighted by Crippen LogP contribution is -2.46. The van der Waals surface area contributed by atoms with E-state index in [1.807, 2.05) is 0 Å². The summed E-state index contributed by atoms with van der Waals surface area (Å²) in [5, 5.41) is 3.14. The average molecular weight is 284 g/mol. The summed E-state index contributed by atoms with van der Waals surface area (Å²) in [5.74, 6) is -0.159. The number of alkyl halides is 2. The predicted octanol–water partition coefficient (Wildman–Crippen LogP) is 1.82. The first-order valence-corrected chi connectivity index (χ1v) is 6.59.